The quantitative estimate of drug-likeness (QED) is 0.603. The van der Waals surface area contributed by atoms with E-state index >= 15 is 0 Å². The number of esters is 1. The summed E-state index contributed by atoms with van der Waals surface area (Å²) < 4.78 is 5.51. The summed E-state index contributed by atoms with van der Waals surface area (Å²) in [6.07, 6.45) is 0. The predicted molar refractivity (Wildman–Crippen MR) is 96.6 cm³/mol. The summed E-state index contributed by atoms with van der Waals surface area (Å²) in [7, 11) is 0. The van der Waals surface area contributed by atoms with E-state index in [1.807, 2.05) is 20.8 Å². The highest BCUT2D eigenvalue weighted by Gasteiger charge is 2.34. The minimum atomic E-state index is -0.606. The zero-order chi connectivity index (χ0) is 17.4. The smallest absolute Gasteiger partial charge is 0.338 e. The van der Waals surface area contributed by atoms with E-state index in [4.69, 9.17) is 40.2 Å². The lowest BCUT2D eigenvalue weighted by Gasteiger charge is -2.32. The van der Waals surface area contributed by atoms with Crippen molar-refractivity contribution in [1.82, 2.24) is 10.6 Å². The molecule has 0 spiro atoms. The molecule has 1 heterocycles. The maximum absolute atomic E-state index is 12.6. The zero-order valence-electron chi connectivity index (χ0n) is 13.3. The molecule has 0 fully saturated rings. The SMILES string of the molecule is CC1=C(C(=O)OC(C)(C)C)[C@@H](c2cccc(Cl)c2Cl)NC(=S)N1. The molecule has 0 aliphatic carbocycles. The van der Waals surface area contributed by atoms with Gasteiger partial charge in [0.1, 0.15) is 5.60 Å². The summed E-state index contributed by atoms with van der Waals surface area (Å²) >= 11 is 17.6. The van der Waals surface area contributed by atoms with Crippen molar-refractivity contribution < 1.29 is 9.53 Å². The van der Waals surface area contributed by atoms with Gasteiger partial charge in [-0.15, -0.1) is 0 Å². The Bertz CT molecular complexity index is 696. The largest absolute Gasteiger partial charge is 0.456 e. The molecule has 0 unspecified atom stereocenters. The highest BCUT2D eigenvalue weighted by atomic mass is 35.5. The zero-order valence-corrected chi connectivity index (χ0v) is 15.6. The molecule has 1 aliphatic heterocycles. The van der Waals surface area contributed by atoms with E-state index in [1.54, 1.807) is 25.1 Å². The molecular formula is C16H18Cl2N2O2S. The van der Waals surface area contributed by atoms with Gasteiger partial charge in [0.2, 0.25) is 0 Å². The molecule has 1 atom stereocenters. The molecule has 7 heteroatoms. The van der Waals surface area contributed by atoms with Crippen LogP contribution in [0.25, 0.3) is 0 Å². The van der Waals surface area contributed by atoms with Crippen LogP contribution in [0.5, 0.6) is 0 Å². The third-order valence-corrected chi connectivity index (χ3v) is 4.23. The fraction of sp³-hybridized carbons (Fsp3) is 0.375. The lowest BCUT2D eigenvalue weighted by Crippen LogP contribution is -2.46. The number of hydrogen-bond acceptors (Lipinski definition) is 3. The molecule has 0 amide bonds. The van der Waals surface area contributed by atoms with Crippen LogP contribution in [0.15, 0.2) is 29.5 Å². The number of rotatable bonds is 2. The Morgan fingerprint density at radius 1 is 1.30 bits per heavy atom. The van der Waals surface area contributed by atoms with E-state index in [0.29, 0.717) is 32.0 Å². The number of halogens is 2. The van der Waals surface area contributed by atoms with Crippen molar-refractivity contribution >= 4 is 46.5 Å². The molecule has 0 bridgehead atoms. The number of carbonyl (C=O) groups excluding carboxylic acids is 1. The van der Waals surface area contributed by atoms with Crippen LogP contribution in [0.2, 0.25) is 10.0 Å². The lowest BCUT2D eigenvalue weighted by atomic mass is 9.95. The summed E-state index contributed by atoms with van der Waals surface area (Å²) in [5.74, 6) is -0.432. The lowest BCUT2D eigenvalue weighted by molar-refractivity contribution is -0.150. The van der Waals surface area contributed by atoms with Crippen LogP contribution < -0.4 is 10.6 Å². The first-order chi connectivity index (χ1) is 10.6. The van der Waals surface area contributed by atoms with E-state index in [9.17, 15) is 4.79 Å². The molecule has 1 aromatic rings. The number of hydrogen-bond donors (Lipinski definition) is 2. The van der Waals surface area contributed by atoms with Gasteiger partial charge in [-0.3, -0.25) is 0 Å². The maximum Gasteiger partial charge on any atom is 0.338 e. The summed E-state index contributed by atoms with van der Waals surface area (Å²) in [6.45, 7) is 7.22. The van der Waals surface area contributed by atoms with Crippen LogP contribution in [0.4, 0.5) is 0 Å². The van der Waals surface area contributed by atoms with Crippen molar-refractivity contribution in [3.63, 3.8) is 0 Å². The van der Waals surface area contributed by atoms with E-state index in [-0.39, 0.29) is 0 Å². The Hall–Kier alpha value is -1.30. The third kappa shape index (κ3) is 4.16. The van der Waals surface area contributed by atoms with E-state index in [1.165, 1.54) is 0 Å². The van der Waals surface area contributed by atoms with Gasteiger partial charge >= 0.3 is 5.97 Å². The Morgan fingerprint density at radius 2 is 1.96 bits per heavy atom. The van der Waals surface area contributed by atoms with Crippen molar-refractivity contribution in [3.05, 3.63) is 45.1 Å². The molecule has 4 nitrogen and oxygen atoms in total. The van der Waals surface area contributed by atoms with Crippen LogP contribution in [0, 0.1) is 0 Å². The van der Waals surface area contributed by atoms with Crippen molar-refractivity contribution in [2.24, 2.45) is 0 Å². The average Bonchev–Trinajstić information content (AvgIpc) is 2.38. The van der Waals surface area contributed by atoms with Crippen LogP contribution >= 0.6 is 35.4 Å². The molecule has 124 valence electrons. The highest BCUT2D eigenvalue weighted by molar-refractivity contribution is 7.80. The summed E-state index contributed by atoms with van der Waals surface area (Å²) in [4.78, 5) is 12.6. The van der Waals surface area contributed by atoms with Crippen LogP contribution in [-0.4, -0.2) is 16.7 Å². The molecular weight excluding hydrogens is 355 g/mol. The molecule has 2 rings (SSSR count). The maximum atomic E-state index is 12.6. The van der Waals surface area contributed by atoms with Gasteiger partial charge in [0, 0.05) is 5.70 Å². The number of allylic oxidation sites excluding steroid dienone is 1. The second kappa shape index (κ2) is 6.67. The van der Waals surface area contributed by atoms with Gasteiger partial charge < -0.3 is 15.4 Å². The van der Waals surface area contributed by atoms with Gasteiger partial charge in [0.25, 0.3) is 0 Å². The standard InChI is InChI=1S/C16H18Cl2N2O2S/c1-8-11(14(21)22-16(2,3)4)13(20-15(23)19-8)9-6-5-7-10(17)12(9)18/h5-7,13H,1-4H3,(H2,19,20,23)/t13-/m1/s1. The molecule has 2 N–H and O–H groups in total. The topological polar surface area (TPSA) is 50.4 Å². The molecule has 1 aromatic carbocycles. The molecule has 0 radical (unpaired) electrons. The number of carbonyl (C=O) groups is 1. The first-order valence-electron chi connectivity index (χ1n) is 7.05. The fourth-order valence-corrected chi connectivity index (χ4v) is 2.96. The minimum absolute atomic E-state index is 0.380. The number of benzene rings is 1. The average molecular weight is 373 g/mol. The van der Waals surface area contributed by atoms with Gasteiger partial charge in [0.15, 0.2) is 5.11 Å². The second-order valence-electron chi connectivity index (χ2n) is 6.22. The van der Waals surface area contributed by atoms with Gasteiger partial charge in [-0.2, -0.15) is 0 Å². The first-order valence-corrected chi connectivity index (χ1v) is 8.22. The van der Waals surface area contributed by atoms with Crippen molar-refractivity contribution in [3.8, 4) is 0 Å². The van der Waals surface area contributed by atoms with E-state index < -0.39 is 17.6 Å². The summed E-state index contributed by atoms with van der Waals surface area (Å²) in [5.41, 5.74) is 1.12. The van der Waals surface area contributed by atoms with Gasteiger partial charge in [-0.05, 0) is 51.5 Å². The second-order valence-corrected chi connectivity index (χ2v) is 7.41. The number of nitrogens with one attached hydrogen (secondary N) is 2. The van der Waals surface area contributed by atoms with E-state index in [0.717, 1.165) is 0 Å². The Morgan fingerprint density at radius 3 is 2.57 bits per heavy atom. The number of ether oxygens (including phenoxy) is 1. The highest BCUT2D eigenvalue weighted by Crippen LogP contribution is 2.36. The van der Waals surface area contributed by atoms with Crippen molar-refractivity contribution in [2.45, 2.75) is 39.3 Å². The van der Waals surface area contributed by atoms with Crippen molar-refractivity contribution in [1.29, 1.82) is 0 Å². The minimum Gasteiger partial charge on any atom is -0.456 e. The Labute approximate surface area is 151 Å². The van der Waals surface area contributed by atoms with E-state index in [2.05, 4.69) is 10.6 Å². The molecule has 1 aliphatic rings. The fourth-order valence-electron chi connectivity index (χ4n) is 2.27. The molecule has 0 saturated carbocycles. The normalized spacial score (nSPS) is 18.3. The molecule has 0 saturated heterocycles. The van der Waals surface area contributed by atoms with Crippen LogP contribution in [0.3, 0.4) is 0 Å². The Kier molecular flexibility index (Phi) is 5.23. The first kappa shape index (κ1) is 18.0. The van der Waals surface area contributed by atoms with Crippen molar-refractivity contribution in [2.75, 3.05) is 0 Å². The third-order valence-electron chi connectivity index (χ3n) is 3.18. The van der Waals surface area contributed by atoms with Gasteiger partial charge in [-0.25, -0.2) is 4.79 Å². The van der Waals surface area contributed by atoms with Gasteiger partial charge in [-0.1, -0.05) is 35.3 Å². The number of thiocarbonyl (C=S) groups is 1. The monoisotopic (exact) mass is 372 g/mol. The molecule has 23 heavy (non-hydrogen) atoms. The Balaban J connectivity index is 2.51. The van der Waals surface area contributed by atoms with Gasteiger partial charge in [0.05, 0.1) is 21.7 Å². The van der Waals surface area contributed by atoms with Crippen LogP contribution in [0.1, 0.15) is 39.3 Å². The predicted octanol–water partition coefficient (Wildman–Crippen LogP) is 4.13. The van der Waals surface area contributed by atoms with Crippen LogP contribution in [-0.2, 0) is 9.53 Å². The summed E-state index contributed by atoms with van der Waals surface area (Å²) in [5, 5.41) is 7.23. The summed E-state index contributed by atoms with van der Waals surface area (Å²) in [6, 6.07) is 4.75. The molecule has 0 aromatic heterocycles.